The number of aryl methyl sites for hydroxylation is 1. The number of nitrogens with one attached hydrogen (secondary N) is 3. The number of sulfonamides is 1. The Morgan fingerprint density at radius 1 is 1.12 bits per heavy atom. The normalized spacial score (nSPS) is 20.6. The van der Waals surface area contributed by atoms with Crippen LogP contribution in [-0.2, 0) is 10.0 Å². The van der Waals surface area contributed by atoms with Crippen molar-refractivity contribution in [2.75, 3.05) is 5.32 Å². The van der Waals surface area contributed by atoms with Crippen molar-refractivity contribution < 1.29 is 13.2 Å². The zero-order valence-corrected chi connectivity index (χ0v) is 14.5. The van der Waals surface area contributed by atoms with E-state index >= 15 is 0 Å². The summed E-state index contributed by atoms with van der Waals surface area (Å²) in [4.78, 5) is 12.3. The van der Waals surface area contributed by atoms with Crippen LogP contribution < -0.4 is 15.4 Å². The molecule has 0 heterocycles. The zero-order chi connectivity index (χ0) is 17.2. The minimum atomic E-state index is -3.54. The SMILES string of the molecule is Cc1ccc(NC(=O)N[C@@H]2CC=CCC2)cc1S(=O)(=O)NC1CC1. The van der Waals surface area contributed by atoms with E-state index in [2.05, 4.69) is 27.5 Å². The Morgan fingerprint density at radius 3 is 2.58 bits per heavy atom. The molecule has 1 saturated carbocycles. The van der Waals surface area contributed by atoms with Crippen LogP contribution in [-0.4, -0.2) is 26.5 Å². The highest BCUT2D eigenvalue weighted by molar-refractivity contribution is 7.89. The van der Waals surface area contributed by atoms with E-state index < -0.39 is 10.0 Å². The van der Waals surface area contributed by atoms with Crippen molar-refractivity contribution in [1.82, 2.24) is 10.0 Å². The lowest BCUT2D eigenvalue weighted by molar-refractivity contribution is 0.247. The predicted molar refractivity (Wildman–Crippen MR) is 93.5 cm³/mol. The molecule has 1 aromatic rings. The van der Waals surface area contributed by atoms with Crippen molar-refractivity contribution in [1.29, 1.82) is 0 Å². The van der Waals surface area contributed by atoms with E-state index in [1.54, 1.807) is 19.1 Å². The molecule has 0 radical (unpaired) electrons. The first-order valence-corrected chi connectivity index (χ1v) is 9.78. The largest absolute Gasteiger partial charge is 0.335 e. The number of hydrogen-bond donors (Lipinski definition) is 3. The summed E-state index contributed by atoms with van der Waals surface area (Å²) in [6, 6.07) is 4.80. The second-order valence-corrected chi connectivity index (χ2v) is 8.14. The Hall–Kier alpha value is -1.86. The number of allylic oxidation sites excluding steroid dienone is 1. The van der Waals surface area contributed by atoms with E-state index in [0.717, 1.165) is 32.1 Å². The number of carbonyl (C=O) groups excluding carboxylic acids is 1. The number of amides is 2. The van der Waals surface area contributed by atoms with Gasteiger partial charge in [-0.15, -0.1) is 0 Å². The third-order valence-electron chi connectivity index (χ3n) is 4.24. The van der Waals surface area contributed by atoms with Crippen LogP contribution in [0.5, 0.6) is 0 Å². The molecule has 7 heteroatoms. The van der Waals surface area contributed by atoms with Crippen LogP contribution in [0.2, 0.25) is 0 Å². The first kappa shape index (κ1) is 17.0. The third-order valence-corrected chi connectivity index (χ3v) is 5.90. The quantitative estimate of drug-likeness (QED) is 0.714. The van der Waals surface area contributed by atoms with Crippen LogP contribution in [0.4, 0.5) is 10.5 Å². The minimum absolute atomic E-state index is 0.0497. The van der Waals surface area contributed by atoms with Crippen molar-refractivity contribution in [3.63, 3.8) is 0 Å². The molecule has 130 valence electrons. The molecule has 1 atom stereocenters. The van der Waals surface area contributed by atoms with Gasteiger partial charge in [0.15, 0.2) is 0 Å². The molecule has 2 amide bonds. The number of carbonyl (C=O) groups is 1. The molecule has 0 spiro atoms. The Bertz CT molecular complexity index is 754. The number of anilines is 1. The van der Waals surface area contributed by atoms with Crippen molar-refractivity contribution in [2.24, 2.45) is 0 Å². The van der Waals surface area contributed by atoms with Crippen molar-refractivity contribution in [3.8, 4) is 0 Å². The summed E-state index contributed by atoms with van der Waals surface area (Å²) in [6.07, 6.45) is 8.65. The molecule has 1 fully saturated rings. The lowest BCUT2D eigenvalue weighted by Gasteiger charge is -2.20. The second-order valence-electron chi connectivity index (χ2n) is 6.46. The number of hydrogen-bond acceptors (Lipinski definition) is 3. The predicted octanol–water partition coefficient (Wildman–Crippen LogP) is 2.67. The molecule has 0 unspecified atom stereocenters. The van der Waals surface area contributed by atoms with Gasteiger partial charge in [-0.25, -0.2) is 17.9 Å². The van der Waals surface area contributed by atoms with Gasteiger partial charge in [-0.1, -0.05) is 18.2 Å². The summed E-state index contributed by atoms with van der Waals surface area (Å²) in [5.74, 6) is 0. The van der Waals surface area contributed by atoms with Gasteiger partial charge in [-0.3, -0.25) is 0 Å². The van der Waals surface area contributed by atoms with Crippen LogP contribution in [0.3, 0.4) is 0 Å². The van der Waals surface area contributed by atoms with E-state index in [1.807, 2.05) is 0 Å². The lowest BCUT2D eigenvalue weighted by atomic mass is 10.0. The van der Waals surface area contributed by atoms with E-state index in [0.29, 0.717) is 11.3 Å². The molecule has 6 nitrogen and oxygen atoms in total. The van der Waals surface area contributed by atoms with Crippen LogP contribution in [0.25, 0.3) is 0 Å². The molecule has 1 aromatic carbocycles. The molecule has 3 rings (SSSR count). The molecule has 3 N–H and O–H groups in total. The number of urea groups is 1. The van der Waals surface area contributed by atoms with Gasteiger partial charge in [0, 0.05) is 17.8 Å². The highest BCUT2D eigenvalue weighted by Crippen LogP contribution is 2.25. The van der Waals surface area contributed by atoms with Crippen LogP contribution in [0.15, 0.2) is 35.2 Å². The maximum atomic E-state index is 12.4. The molecular formula is C17H23N3O3S. The molecule has 0 bridgehead atoms. The van der Waals surface area contributed by atoms with Gasteiger partial charge in [-0.05, 0) is 56.7 Å². The van der Waals surface area contributed by atoms with E-state index in [9.17, 15) is 13.2 Å². The van der Waals surface area contributed by atoms with E-state index in [4.69, 9.17) is 0 Å². The zero-order valence-electron chi connectivity index (χ0n) is 13.7. The highest BCUT2D eigenvalue weighted by Gasteiger charge is 2.29. The van der Waals surface area contributed by atoms with E-state index in [-0.39, 0.29) is 23.0 Å². The molecule has 0 saturated heterocycles. The fourth-order valence-corrected chi connectivity index (χ4v) is 4.30. The maximum absolute atomic E-state index is 12.4. The average molecular weight is 349 g/mol. The fraction of sp³-hybridized carbons (Fsp3) is 0.471. The number of rotatable bonds is 5. The Kier molecular flexibility index (Phi) is 4.91. The number of benzene rings is 1. The first-order valence-electron chi connectivity index (χ1n) is 8.29. The van der Waals surface area contributed by atoms with Gasteiger partial charge in [-0.2, -0.15) is 0 Å². The third kappa shape index (κ3) is 4.36. The summed E-state index contributed by atoms with van der Waals surface area (Å²) in [5, 5.41) is 5.65. The molecular weight excluding hydrogens is 326 g/mol. The summed E-state index contributed by atoms with van der Waals surface area (Å²) < 4.78 is 27.5. The minimum Gasteiger partial charge on any atom is -0.335 e. The molecule has 2 aliphatic carbocycles. The summed E-state index contributed by atoms with van der Waals surface area (Å²) in [5.41, 5.74) is 1.13. The standard InChI is InChI=1S/C17H23N3O3S/c1-12-7-8-15(11-16(12)24(22,23)20-14-9-10-14)19-17(21)18-13-5-3-2-4-6-13/h2-3,7-8,11,13-14,20H,4-6,9-10H2,1H3,(H2,18,19,21)/t13-/m1/s1. The Morgan fingerprint density at radius 2 is 1.92 bits per heavy atom. The molecule has 2 aliphatic rings. The van der Waals surface area contributed by atoms with Crippen molar-refractivity contribution >= 4 is 21.7 Å². The summed E-state index contributed by atoms with van der Waals surface area (Å²) in [6.45, 7) is 1.75. The molecule has 24 heavy (non-hydrogen) atoms. The fourth-order valence-electron chi connectivity index (χ4n) is 2.73. The Balaban J connectivity index is 1.68. The van der Waals surface area contributed by atoms with Gasteiger partial charge < -0.3 is 10.6 Å². The smallest absolute Gasteiger partial charge is 0.319 e. The average Bonchev–Trinajstić information content (AvgIpc) is 3.33. The van der Waals surface area contributed by atoms with Crippen molar-refractivity contribution in [2.45, 2.75) is 56.0 Å². The topological polar surface area (TPSA) is 87.3 Å². The summed E-state index contributed by atoms with van der Waals surface area (Å²) in [7, 11) is -3.54. The molecule has 0 aliphatic heterocycles. The monoisotopic (exact) mass is 349 g/mol. The van der Waals surface area contributed by atoms with Gasteiger partial charge in [0.05, 0.1) is 4.90 Å². The van der Waals surface area contributed by atoms with Gasteiger partial charge >= 0.3 is 6.03 Å². The van der Waals surface area contributed by atoms with Gasteiger partial charge in [0.25, 0.3) is 0 Å². The Labute approximate surface area is 142 Å². The van der Waals surface area contributed by atoms with Crippen LogP contribution in [0, 0.1) is 6.92 Å². The molecule has 0 aromatic heterocycles. The van der Waals surface area contributed by atoms with E-state index in [1.165, 1.54) is 6.07 Å². The van der Waals surface area contributed by atoms with Gasteiger partial charge in [0.2, 0.25) is 10.0 Å². The first-order chi connectivity index (χ1) is 11.4. The summed E-state index contributed by atoms with van der Waals surface area (Å²) >= 11 is 0. The lowest BCUT2D eigenvalue weighted by Crippen LogP contribution is -2.38. The van der Waals surface area contributed by atoms with Gasteiger partial charge in [0.1, 0.15) is 0 Å². The van der Waals surface area contributed by atoms with Crippen LogP contribution in [0.1, 0.15) is 37.7 Å². The van der Waals surface area contributed by atoms with Crippen LogP contribution >= 0.6 is 0 Å². The van der Waals surface area contributed by atoms with Crippen molar-refractivity contribution in [3.05, 3.63) is 35.9 Å². The highest BCUT2D eigenvalue weighted by atomic mass is 32.2. The maximum Gasteiger partial charge on any atom is 0.319 e. The second kappa shape index (κ2) is 6.94.